The Morgan fingerprint density at radius 3 is 2.60 bits per heavy atom. The van der Waals surface area contributed by atoms with Crippen molar-refractivity contribution in [3.05, 3.63) is 56.2 Å². The summed E-state index contributed by atoms with van der Waals surface area (Å²) < 4.78 is 4.79. The first kappa shape index (κ1) is 19.2. The topological polar surface area (TPSA) is 84.5 Å². The highest BCUT2D eigenvalue weighted by Gasteiger charge is 2.11. The highest BCUT2D eigenvalue weighted by Crippen LogP contribution is 2.20. The Hall–Kier alpha value is -2.09. The Bertz CT molecular complexity index is 766. The van der Waals surface area contributed by atoms with Gasteiger partial charge >= 0.3 is 5.97 Å². The predicted molar refractivity (Wildman–Crippen MR) is 95.9 cm³/mol. The molecule has 2 amide bonds. The molecule has 2 rings (SSSR count). The van der Waals surface area contributed by atoms with Gasteiger partial charge in [0.2, 0.25) is 0 Å². The average Bonchev–Trinajstić information content (AvgIpc) is 3.11. The predicted octanol–water partition coefficient (Wildman–Crippen LogP) is 2.64. The molecule has 0 fully saturated rings. The van der Waals surface area contributed by atoms with E-state index in [9.17, 15) is 14.4 Å². The number of carbonyl (C=O) groups is 3. The molecule has 6 nitrogen and oxygen atoms in total. The molecule has 0 radical (unpaired) electrons. The van der Waals surface area contributed by atoms with Crippen LogP contribution in [-0.2, 0) is 20.9 Å². The van der Waals surface area contributed by atoms with E-state index in [0.717, 1.165) is 0 Å². The smallest absolute Gasteiger partial charge is 0.325 e. The summed E-state index contributed by atoms with van der Waals surface area (Å²) in [5, 5.41) is 7.67. The zero-order valence-electron chi connectivity index (χ0n) is 12.9. The first-order chi connectivity index (χ1) is 12.0. The van der Waals surface area contributed by atoms with Gasteiger partial charge in [-0.1, -0.05) is 35.3 Å². The third-order valence-corrected chi connectivity index (χ3v) is 4.45. The second-order valence-corrected chi connectivity index (χ2v) is 6.62. The first-order valence-corrected chi connectivity index (χ1v) is 8.77. The number of rotatable bonds is 7. The maximum absolute atomic E-state index is 11.7. The van der Waals surface area contributed by atoms with Crippen LogP contribution in [0.1, 0.15) is 15.2 Å². The van der Waals surface area contributed by atoms with Gasteiger partial charge in [-0.15, -0.1) is 11.3 Å². The molecular weight excluding hydrogens is 387 g/mol. The van der Waals surface area contributed by atoms with Gasteiger partial charge in [0.05, 0.1) is 4.88 Å². The van der Waals surface area contributed by atoms with E-state index in [1.807, 2.05) is 0 Å². The van der Waals surface area contributed by atoms with Crippen molar-refractivity contribution in [3.63, 3.8) is 0 Å². The summed E-state index contributed by atoms with van der Waals surface area (Å²) in [6.07, 6.45) is 0. The lowest BCUT2D eigenvalue weighted by Crippen LogP contribution is -2.33. The third-order valence-electron chi connectivity index (χ3n) is 2.99. The number of nitrogens with one attached hydrogen (secondary N) is 2. The third kappa shape index (κ3) is 6.38. The largest absolute Gasteiger partial charge is 0.454 e. The van der Waals surface area contributed by atoms with E-state index in [2.05, 4.69) is 10.6 Å². The quantitative estimate of drug-likeness (QED) is 0.699. The maximum atomic E-state index is 11.7. The van der Waals surface area contributed by atoms with Gasteiger partial charge in [0.15, 0.2) is 6.61 Å². The second kappa shape index (κ2) is 9.41. The monoisotopic (exact) mass is 400 g/mol. The van der Waals surface area contributed by atoms with Crippen molar-refractivity contribution >= 4 is 52.3 Å². The van der Waals surface area contributed by atoms with Crippen molar-refractivity contribution < 1.29 is 19.1 Å². The van der Waals surface area contributed by atoms with Crippen molar-refractivity contribution in [2.24, 2.45) is 0 Å². The van der Waals surface area contributed by atoms with Crippen LogP contribution in [0.5, 0.6) is 0 Å². The first-order valence-electron chi connectivity index (χ1n) is 7.13. The van der Waals surface area contributed by atoms with Gasteiger partial charge in [0, 0.05) is 16.6 Å². The fourth-order valence-electron chi connectivity index (χ4n) is 1.75. The van der Waals surface area contributed by atoms with Crippen LogP contribution in [0.2, 0.25) is 10.0 Å². The number of benzene rings is 1. The summed E-state index contributed by atoms with van der Waals surface area (Å²) in [6.45, 7) is -0.576. The van der Waals surface area contributed by atoms with Crippen molar-refractivity contribution in [1.29, 1.82) is 0 Å². The lowest BCUT2D eigenvalue weighted by molar-refractivity contribution is -0.147. The van der Waals surface area contributed by atoms with Crippen molar-refractivity contribution in [1.82, 2.24) is 10.6 Å². The summed E-state index contributed by atoms with van der Waals surface area (Å²) in [6, 6.07) is 8.29. The zero-order valence-corrected chi connectivity index (χ0v) is 15.2. The van der Waals surface area contributed by atoms with Gasteiger partial charge in [-0.3, -0.25) is 14.4 Å². The Labute approximate surface area is 158 Å². The van der Waals surface area contributed by atoms with Crippen molar-refractivity contribution in [3.8, 4) is 0 Å². The number of halogens is 2. The van der Waals surface area contributed by atoms with Crippen LogP contribution >= 0.6 is 34.5 Å². The van der Waals surface area contributed by atoms with Crippen molar-refractivity contribution in [2.45, 2.75) is 6.54 Å². The van der Waals surface area contributed by atoms with Crippen LogP contribution < -0.4 is 10.6 Å². The molecule has 9 heteroatoms. The molecule has 2 N–H and O–H groups in total. The van der Waals surface area contributed by atoms with Crippen LogP contribution in [0.25, 0.3) is 0 Å². The summed E-state index contributed by atoms with van der Waals surface area (Å²) >= 11 is 13.0. The van der Waals surface area contributed by atoms with Gasteiger partial charge in [-0.05, 0) is 29.1 Å². The molecular formula is C16H14Cl2N2O4S. The van der Waals surface area contributed by atoms with Crippen LogP contribution in [0.3, 0.4) is 0 Å². The highest BCUT2D eigenvalue weighted by molar-refractivity contribution is 7.12. The Balaban J connectivity index is 1.67. The van der Waals surface area contributed by atoms with E-state index in [-0.39, 0.29) is 19.0 Å². The minimum atomic E-state index is -0.704. The van der Waals surface area contributed by atoms with E-state index in [1.54, 1.807) is 35.7 Å². The van der Waals surface area contributed by atoms with Gasteiger partial charge in [0.25, 0.3) is 11.8 Å². The Morgan fingerprint density at radius 1 is 1.12 bits per heavy atom. The molecule has 0 aliphatic carbocycles. The molecule has 0 atom stereocenters. The maximum Gasteiger partial charge on any atom is 0.325 e. The van der Waals surface area contributed by atoms with Crippen LogP contribution in [0, 0.1) is 0 Å². The van der Waals surface area contributed by atoms with Crippen molar-refractivity contribution in [2.75, 3.05) is 13.2 Å². The minimum Gasteiger partial charge on any atom is -0.454 e. The molecule has 0 aliphatic heterocycles. The molecule has 132 valence electrons. The van der Waals surface area contributed by atoms with E-state index >= 15 is 0 Å². The zero-order chi connectivity index (χ0) is 18.2. The number of thiophene rings is 1. The number of ether oxygens (including phenoxy) is 1. The SMILES string of the molecule is O=C(COC(=O)CNC(=O)c1cccs1)NCc1ccc(Cl)cc1Cl. The molecule has 2 aromatic rings. The number of hydrogen-bond donors (Lipinski definition) is 2. The Kier molecular flexibility index (Phi) is 7.24. The second-order valence-electron chi connectivity index (χ2n) is 4.83. The number of amides is 2. The molecule has 0 saturated carbocycles. The van der Waals surface area contributed by atoms with E-state index in [1.165, 1.54) is 11.3 Å². The summed E-state index contributed by atoms with van der Waals surface area (Å²) in [5.41, 5.74) is 0.689. The van der Waals surface area contributed by atoms with Crippen LogP contribution in [0.15, 0.2) is 35.7 Å². The highest BCUT2D eigenvalue weighted by atomic mass is 35.5. The lowest BCUT2D eigenvalue weighted by atomic mass is 10.2. The van der Waals surface area contributed by atoms with E-state index in [4.69, 9.17) is 27.9 Å². The molecule has 1 heterocycles. The summed E-state index contributed by atoms with van der Waals surface area (Å²) in [4.78, 5) is 35.4. The van der Waals surface area contributed by atoms with Crippen LogP contribution in [0.4, 0.5) is 0 Å². The van der Waals surface area contributed by atoms with Gasteiger partial charge in [-0.25, -0.2) is 0 Å². The molecule has 0 aliphatic rings. The van der Waals surface area contributed by atoms with Crippen LogP contribution in [-0.4, -0.2) is 30.9 Å². The average molecular weight is 401 g/mol. The molecule has 0 saturated heterocycles. The number of carbonyl (C=O) groups excluding carboxylic acids is 3. The van der Waals surface area contributed by atoms with Gasteiger partial charge in [0.1, 0.15) is 6.54 Å². The van der Waals surface area contributed by atoms with Gasteiger partial charge < -0.3 is 15.4 Å². The molecule has 0 bridgehead atoms. The number of hydrogen-bond acceptors (Lipinski definition) is 5. The molecule has 0 unspecified atom stereocenters. The fourth-order valence-corrected chi connectivity index (χ4v) is 2.87. The minimum absolute atomic E-state index is 0.182. The fraction of sp³-hybridized carbons (Fsp3) is 0.188. The standard InChI is InChI=1S/C16H14Cl2N2O4S/c17-11-4-3-10(12(18)6-11)7-19-14(21)9-24-15(22)8-20-16(23)13-2-1-5-25-13/h1-6H,7-9H2,(H,19,21)(H,20,23). The molecule has 0 spiro atoms. The summed E-state index contributed by atoms with van der Waals surface area (Å²) in [7, 11) is 0. The molecule has 1 aromatic heterocycles. The van der Waals surface area contributed by atoms with E-state index < -0.39 is 18.5 Å². The summed E-state index contributed by atoms with van der Waals surface area (Å²) in [5.74, 6) is -1.55. The Morgan fingerprint density at radius 2 is 1.92 bits per heavy atom. The molecule has 25 heavy (non-hydrogen) atoms. The molecule has 1 aromatic carbocycles. The van der Waals surface area contributed by atoms with E-state index in [0.29, 0.717) is 20.5 Å². The van der Waals surface area contributed by atoms with Gasteiger partial charge in [-0.2, -0.15) is 0 Å². The lowest BCUT2D eigenvalue weighted by Gasteiger charge is -2.08. The normalized spacial score (nSPS) is 10.2. The number of esters is 1.